The Hall–Kier alpha value is -0.720. The Morgan fingerprint density at radius 2 is 2.11 bits per heavy atom. The summed E-state index contributed by atoms with van der Waals surface area (Å²) >= 11 is 1.17. The molecule has 0 radical (unpaired) electrons. The van der Waals surface area contributed by atoms with E-state index in [2.05, 4.69) is 23.4 Å². The Bertz CT molecular complexity index is 397. The summed E-state index contributed by atoms with van der Waals surface area (Å²) in [6.07, 6.45) is 1.55. The van der Waals surface area contributed by atoms with E-state index in [1.807, 2.05) is 6.92 Å². The molecule has 0 spiro atoms. The Kier molecular flexibility index (Phi) is 8.13. The maximum Gasteiger partial charge on any atom is 0.267 e. The molecule has 0 saturated carbocycles. The maximum atomic E-state index is 12.2. The van der Waals surface area contributed by atoms with Gasteiger partial charge in [0.15, 0.2) is 0 Å². The van der Waals surface area contributed by atoms with E-state index in [1.54, 1.807) is 11.9 Å². The topological polar surface area (TPSA) is 72.1 Å². The number of carbonyl (C=O) groups is 1. The molecule has 5 nitrogen and oxygen atoms in total. The summed E-state index contributed by atoms with van der Waals surface area (Å²) in [6.45, 7) is 6.82. The third kappa shape index (κ3) is 5.04. The molecule has 0 aliphatic carbocycles. The Morgan fingerprint density at radius 1 is 1.47 bits per heavy atom. The van der Waals surface area contributed by atoms with E-state index in [9.17, 15) is 4.79 Å². The normalized spacial score (nSPS) is 12.1. The van der Waals surface area contributed by atoms with Crippen LogP contribution in [0.3, 0.4) is 0 Å². The van der Waals surface area contributed by atoms with Gasteiger partial charge in [0.2, 0.25) is 0 Å². The quantitative estimate of drug-likeness (QED) is 0.872. The van der Waals surface area contributed by atoms with Crippen molar-refractivity contribution in [1.29, 1.82) is 0 Å². The Labute approximate surface area is 125 Å². The number of halogens is 1. The smallest absolute Gasteiger partial charge is 0.267 e. The van der Waals surface area contributed by atoms with E-state index < -0.39 is 0 Å². The molecule has 1 aromatic heterocycles. The molecule has 0 aliphatic heterocycles. The maximum absolute atomic E-state index is 12.2. The molecule has 110 valence electrons. The van der Waals surface area contributed by atoms with Crippen molar-refractivity contribution in [3.63, 3.8) is 0 Å². The molecule has 1 aromatic rings. The van der Waals surface area contributed by atoms with Gasteiger partial charge < -0.3 is 10.6 Å². The number of hydrogen-bond donors (Lipinski definition) is 1. The van der Waals surface area contributed by atoms with Crippen molar-refractivity contribution in [3.05, 3.63) is 10.6 Å². The van der Waals surface area contributed by atoms with Crippen LogP contribution in [0.1, 0.15) is 42.6 Å². The second kappa shape index (κ2) is 8.45. The number of amides is 1. The van der Waals surface area contributed by atoms with E-state index >= 15 is 0 Å². The first-order chi connectivity index (χ1) is 8.47. The lowest BCUT2D eigenvalue weighted by molar-refractivity contribution is 0.0792. The zero-order valence-electron chi connectivity index (χ0n) is 11.9. The van der Waals surface area contributed by atoms with Gasteiger partial charge in [0.05, 0.1) is 5.69 Å². The lowest BCUT2D eigenvalue weighted by atomic mass is 10.0. The monoisotopic (exact) mass is 306 g/mol. The lowest BCUT2D eigenvalue weighted by Gasteiger charge is -2.21. The van der Waals surface area contributed by atoms with E-state index in [1.165, 1.54) is 11.5 Å². The third-order valence-corrected chi connectivity index (χ3v) is 3.84. The highest BCUT2D eigenvalue weighted by Gasteiger charge is 2.19. The van der Waals surface area contributed by atoms with Crippen molar-refractivity contribution in [1.82, 2.24) is 14.5 Å². The highest BCUT2D eigenvalue weighted by atomic mass is 35.5. The van der Waals surface area contributed by atoms with E-state index in [0.717, 1.165) is 18.5 Å². The van der Waals surface area contributed by atoms with Gasteiger partial charge in [-0.2, -0.15) is 0 Å². The summed E-state index contributed by atoms with van der Waals surface area (Å²) in [5, 5.41) is 3.96. The van der Waals surface area contributed by atoms with Crippen LogP contribution < -0.4 is 5.73 Å². The van der Waals surface area contributed by atoms with Crippen LogP contribution in [0, 0.1) is 5.92 Å². The van der Waals surface area contributed by atoms with Gasteiger partial charge in [-0.1, -0.05) is 25.3 Å². The van der Waals surface area contributed by atoms with Crippen LogP contribution in [-0.2, 0) is 6.42 Å². The van der Waals surface area contributed by atoms with Gasteiger partial charge in [-0.3, -0.25) is 4.79 Å². The molecule has 0 saturated heterocycles. The number of rotatable bonds is 6. The van der Waals surface area contributed by atoms with E-state index in [4.69, 9.17) is 5.73 Å². The molecule has 2 N–H and O–H groups in total. The van der Waals surface area contributed by atoms with Gasteiger partial charge in [0.1, 0.15) is 4.88 Å². The first-order valence-corrected chi connectivity index (χ1v) is 7.07. The van der Waals surface area contributed by atoms with Gasteiger partial charge in [0, 0.05) is 19.6 Å². The minimum Gasteiger partial charge on any atom is -0.341 e. The van der Waals surface area contributed by atoms with Gasteiger partial charge in [-0.25, -0.2) is 0 Å². The molecule has 0 fully saturated rings. The fourth-order valence-corrected chi connectivity index (χ4v) is 2.30. The van der Waals surface area contributed by atoms with Gasteiger partial charge in [-0.15, -0.1) is 17.5 Å². The average Bonchev–Trinajstić information content (AvgIpc) is 2.82. The predicted octanol–water partition coefficient (Wildman–Crippen LogP) is 1.97. The second-order valence-corrected chi connectivity index (χ2v) is 5.58. The zero-order chi connectivity index (χ0) is 13.7. The molecule has 1 heterocycles. The first-order valence-electron chi connectivity index (χ1n) is 6.29. The number of aryl methyl sites for hydroxylation is 1. The number of nitrogens with zero attached hydrogens (tertiary/aromatic N) is 3. The van der Waals surface area contributed by atoms with Crippen LogP contribution in [-0.4, -0.2) is 40.0 Å². The largest absolute Gasteiger partial charge is 0.341 e. The molecule has 1 unspecified atom stereocenters. The van der Waals surface area contributed by atoms with Gasteiger partial charge in [0.25, 0.3) is 5.91 Å². The molecule has 19 heavy (non-hydrogen) atoms. The molecule has 7 heteroatoms. The van der Waals surface area contributed by atoms with Gasteiger partial charge >= 0.3 is 0 Å². The number of hydrogen-bond acceptors (Lipinski definition) is 5. The summed E-state index contributed by atoms with van der Waals surface area (Å²) in [5.74, 6) is 0.433. The van der Waals surface area contributed by atoms with Gasteiger partial charge in [-0.05, 0) is 30.3 Å². The van der Waals surface area contributed by atoms with Crippen LogP contribution in [0.5, 0.6) is 0 Å². The molecule has 0 aromatic carbocycles. The first kappa shape index (κ1) is 18.3. The average molecular weight is 307 g/mol. The minimum absolute atomic E-state index is 0. The van der Waals surface area contributed by atoms with Crippen molar-refractivity contribution in [2.24, 2.45) is 11.7 Å². The fraction of sp³-hybridized carbons (Fsp3) is 0.750. The molecule has 0 aliphatic rings. The summed E-state index contributed by atoms with van der Waals surface area (Å²) in [5.41, 5.74) is 6.76. The molecular weight excluding hydrogens is 284 g/mol. The van der Waals surface area contributed by atoms with Crippen molar-refractivity contribution in [2.45, 2.75) is 39.7 Å². The van der Waals surface area contributed by atoms with Crippen LogP contribution in [0.25, 0.3) is 0 Å². The zero-order valence-corrected chi connectivity index (χ0v) is 13.6. The summed E-state index contributed by atoms with van der Waals surface area (Å²) in [6, 6.07) is 0.130. The SMILES string of the molecule is CCc1nnsc1C(=O)N(C)CCC(N)C(C)C.Cl. The molecule has 1 rings (SSSR count). The van der Waals surface area contributed by atoms with E-state index in [0.29, 0.717) is 17.3 Å². The molecule has 0 bridgehead atoms. The summed E-state index contributed by atoms with van der Waals surface area (Å²) < 4.78 is 3.84. The Morgan fingerprint density at radius 3 is 2.63 bits per heavy atom. The highest BCUT2D eigenvalue weighted by molar-refractivity contribution is 7.07. The van der Waals surface area contributed by atoms with Crippen LogP contribution in [0.2, 0.25) is 0 Å². The van der Waals surface area contributed by atoms with Crippen LogP contribution in [0.4, 0.5) is 0 Å². The van der Waals surface area contributed by atoms with Crippen molar-refractivity contribution in [3.8, 4) is 0 Å². The number of nitrogens with two attached hydrogens (primary N) is 1. The Balaban J connectivity index is 0.00000324. The summed E-state index contributed by atoms with van der Waals surface area (Å²) in [7, 11) is 1.80. The fourth-order valence-electron chi connectivity index (χ4n) is 1.55. The summed E-state index contributed by atoms with van der Waals surface area (Å²) in [4.78, 5) is 14.5. The minimum atomic E-state index is -0.00203. The van der Waals surface area contributed by atoms with E-state index in [-0.39, 0.29) is 24.4 Å². The van der Waals surface area contributed by atoms with Crippen LogP contribution >= 0.6 is 23.9 Å². The molecule has 1 amide bonds. The standard InChI is InChI=1S/C12H22N4OS.ClH/c1-5-10-11(18-15-14-10)12(17)16(4)7-6-9(13)8(2)3;/h8-9H,5-7,13H2,1-4H3;1H. The lowest BCUT2D eigenvalue weighted by Crippen LogP contribution is -2.34. The molecular formula is C12H23ClN4OS. The van der Waals surface area contributed by atoms with Crippen molar-refractivity contribution >= 4 is 29.8 Å². The predicted molar refractivity (Wildman–Crippen MR) is 80.9 cm³/mol. The van der Waals surface area contributed by atoms with Crippen molar-refractivity contribution in [2.75, 3.05) is 13.6 Å². The van der Waals surface area contributed by atoms with Crippen molar-refractivity contribution < 1.29 is 4.79 Å². The number of aromatic nitrogens is 2. The highest BCUT2D eigenvalue weighted by Crippen LogP contribution is 2.14. The van der Waals surface area contributed by atoms with Crippen LogP contribution in [0.15, 0.2) is 0 Å². The molecule has 1 atom stereocenters. The second-order valence-electron chi connectivity index (χ2n) is 4.83. The number of carbonyl (C=O) groups excluding carboxylic acids is 1. The third-order valence-electron chi connectivity index (χ3n) is 3.09.